The van der Waals surface area contributed by atoms with Crippen molar-refractivity contribution >= 4 is 11.6 Å². The van der Waals surface area contributed by atoms with Crippen LogP contribution in [-0.2, 0) is 4.74 Å². The van der Waals surface area contributed by atoms with Crippen LogP contribution in [-0.4, -0.2) is 63.6 Å². The summed E-state index contributed by atoms with van der Waals surface area (Å²) in [4.78, 5) is 12.6. The van der Waals surface area contributed by atoms with Crippen molar-refractivity contribution in [2.75, 3.05) is 11.9 Å². The molecule has 2 aromatic carbocycles. The molecule has 2 aromatic rings. The molecule has 0 bridgehead atoms. The second-order valence-corrected chi connectivity index (χ2v) is 6.13. The lowest BCUT2D eigenvalue weighted by molar-refractivity contribution is -0.277. The summed E-state index contributed by atoms with van der Waals surface area (Å²) in [5.41, 5.74) is 0.795. The van der Waals surface area contributed by atoms with Gasteiger partial charge in [0.25, 0.3) is 5.91 Å². The third kappa shape index (κ3) is 4.26. The molecule has 144 valence electrons. The van der Waals surface area contributed by atoms with Crippen molar-refractivity contribution in [3.63, 3.8) is 0 Å². The molecule has 0 unspecified atom stereocenters. The molecule has 0 aliphatic carbocycles. The van der Waals surface area contributed by atoms with Gasteiger partial charge in [0, 0.05) is 5.69 Å². The zero-order valence-electron chi connectivity index (χ0n) is 14.3. The minimum absolute atomic E-state index is 0.121. The Morgan fingerprint density at radius 2 is 1.63 bits per heavy atom. The van der Waals surface area contributed by atoms with E-state index in [1.807, 2.05) is 6.07 Å². The fourth-order valence-electron chi connectivity index (χ4n) is 2.77. The molecule has 5 atom stereocenters. The Hall–Kier alpha value is -2.49. The van der Waals surface area contributed by atoms with Crippen molar-refractivity contribution in [3.05, 3.63) is 60.2 Å². The number of para-hydroxylation sites is 2. The minimum Gasteiger partial charge on any atom is -0.461 e. The summed E-state index contributed by atoms with van der Waals surface area (Å²) >= 11 is 0. The van der Waals surface area contributed by atoms with Crippen LogP contribution in [0.5, 0.6) is 5.75 Å². The van der Waals surface area contributed by atoms with Crippen LogP contribution >= 0.6 is 0 Å². The first-order valence-electron chi connectivity index (χ1n) is 8.44. The van der Waals surface area contributed by atoms with E-state index in [9.17, 15) is 25.2 Å². The smallest absolute Gasteiger partial charge is 0.259 e. The summed E-state index contributed by atoms with van der Waals surface area (Å²) in [5.74, 6) is -0.309. The predicted molar refractivity (Wildman–Crippen MR) is 95.2 cm³/mol. The van der Waals surface area contributed by atoms with Crippen molar-refractivity contribution in [3.8, 4) is 5.75 Å². The van der Waals surface area contributed by atoms with Gasteiger partial charge in [-0.25, -0.2) is 0 Å². The molecule has 1 amide bonds. The summed E-state index contributed by atoms with van der Waals surface area (Å²) < 4.78 is 10.9. The van der Waals surface area contributed by atoms with E-state index in [4.69, 9.17) is 9.47 Å². The van der Waals surface area contributed by atoms with Crippen molar-refractivity contribution in [2.45, 2.75) is 30.7 Å². The van der Waals surface area contributed by atoms with Gasteiger partial charge in [0.15, 0.2) is 0 Å². The van der Waals surface area contributed by atoms with E-state index in [2.05, 4.69) is 5.32 Å². The number of aliphatic hydroxyl groups excluding tert-OH is 4. The first kappa shape index (κ1) is 19.3. The van der Waals surface area contributed by atoms with E-state index in [0.29, 0.717) is 5.69 Å². The van der Waals surface area contributed by atoms with Crippen molar-refractivity contribution in [2.24, 2.45) is 0 Å². The molecule has 0 saturated carbocycles. The highest BCUT2D eigenvalue weighted by atomic mass is 16.7. The lowest BCUT2D eigenvalue weighted by atomic mass is 9.99. The van der Waals surface area contributed by atoms with E-state index in [1.54, 1.807) is 36.4 Å². The van der Waals surface area contributed by atoms with Gasteiger partial charge in [-0.1, -0.05) is 30.3 Å². The number of anilines is 1. The maximum absolute atomic E-state index is 12.6. The number of hydrogen-bond acceptors (Lipinski definition) is 7. The fraction of sp³-hybridized carbons (Fsp3) is 0.316. The Morgan fingerprint density at radius 1 is 0.963 bits per heavy atom. The van der Waals surface area contributed by atoms with Gasteiger partial charge in [0.1, 0.15) is 30.2 Å². The average molecular weight is 375 g/mol. The highest BCUT2D eigenvalue weighted by Crippen LogP contribution is 2.27. The van der Waals surface area contributed by atoms with Gasteiger partial charge in [-0.15, -0.1) is 0 Å². The summed E-state index contributed by atoms with van der Waals surface area (Å²) in [5, 5.41) is 41.8. The molecule has 1 heterocycles. The van der Waals surface area contributed by atoms with Gasteiger partial charge in [0.05, 0.1) is 12.2 Å². The average Bonchev–Trinajstić information content (AvgIpc) is 2.69. The molecule has 5 N–H and O–H groups in total. The number of carbonyl (C=O) groups is 1. The molecule has 1 aliphatic rings. The third-order valence-electron chi connectivity index (χ3n) is 4.25. The summed E-state index contributed by atoms with van der Waals surface area (Å²) in [6, 6.07) is 15.2. The van der Waals surface area contributed by atoms with Crippen molar-refractivity contribution < 1.29 is 34.7 Å². The molecule has 0 radical (unpaired) electrons. The van der Waals surface area contributed by atoms with Gasteiger partial charge < -0.3 is 35.2 Å². The van der Waals surface area contributed by atoms with Crippen LogP contribution in [0, 0.1) is 0 Å². The van der Waals surface area contributed by atoms with E-state index >= 15 is 0 Å². The number of rotatable bonds is 5. The first-order chi connectivity index (χ1) is 13.0. The second-order valence-electron chi connectivity index (χ2n) is 6.13. The minimum atomic E-state index is -1.56. The van der Waals surface area contributed by atoms with Crippen LogP contribution in [0.2, 0.25) is 0 Å². The molecule has 3 rings (SSSR count). The summed E-state index contributed by atoms with van der Waals surface area (Å²) in [6.45, 7) is -0.569. The van der Waals surface area contributed by atoms with Crippen LogP contribution in [0.1, 0.15) is 10.4 Å². The molecule has 0 aromatic heterocycles. The zero-order chi connectivity index (χ0) is 19.4. The lowest BCUT2D eigenvalue weighted by Crippen LogP contribution is -2.60. The van der Waals surface area contributed by atoms with E-state index < -0.39 is 43.2 Å². The quantitative estimate of drug-likeness (QED) is 0.502. The summed E-state index contributed by atoms with van der Waals surface area (Å²) in [6.07, 6.45) is -7.08. The van der Waals surface area contributed by atoms with Crippen LogP contribution in [0.4, 0.5) is 5.69 Å². The van der Waals surface area contributed by atoms with Crippen LogP contribution in [0.15, 0.2) is 54.6 Å². The molecular weight excluding hydrogens is 354 g/mol. The monoisotopic (exact) mass is 375 g/mol. The standard InChI is InChI=1S/C19H21NO7/c21-10-14-15(22)16(23)17(24)19(27-14)26-13-9-5-4-8-12(13)18(25)20-11-6-2-1-3-7-11/h1-9,14-17,19,21-24H,10H2,(H,20,25)/t14-,15-,16+,17-,19-/m1/s1. The number of ether oxygens (including phenoxy) is 2. The Labute approximate surface area is 155 Å². The molecular formula is C19H21NO7. The van der Waals surface area contributed by atoms with Crippen LogP contribution in [0.3, 0.4) is 0 Å². The lowest BCUT2D eigenvalue weighted by Gasteiger charge is -2.39. The number of nitrogens with one attached hydrogen (secondary N) is 1. The number of aliphatic hydroxyl groups is 4. The zero-order valence-corrected chi connectivity index (χ0v) is 14.3. The van der Waals surface area contributed by atoms with Gasteiger partial charge in [-0.2, -0.15) is 0 Å². The van der Waals surface area contributed by atoms with E-state index in [1.165, 1.54) is 12.1 Å². The van der Waals surface area contributed by atoms with Crippen molar-refractivity contribution in [1.82, 2.24) is 0 Å². The first-order valence-corrected chi connectivity index (χ1v) is 8.44. The highest BCUT2D eigenvalue weighted by molar-refractivity contribution is 6.06. The van der Waals surface area contributed by atoms with Gasteiger partial charge in [-0.3, -0.25) is 4.79 Å². The molecule has 1 fully saturated rings. The number of amides is 1. The van der Waals surface area contributed by atoms with Gasteiger partial charge in [-0.05, 0) is 24.3 Å². The Morgan fingerprint density at radius 3 is 2.33 bits per heavy atom. The third-order valence-corrected chi connectivity index (χ3v) is 4.25. The molecule has 1 aliphatic heterocycles. The van der Waals surface area contributed by atoms with E-state index in [0.717, 1.165) is 0 Å². The molecule has 8 nitrogen and oxygen atoms in total. The fourth-order valence-corrected chi connectivity index (χ4v) is 2.77. The number of carbonyl (C=O) groups excluding carboxylic acids is 1. The molecule has 1 saturated heterocycles. The Bertz CT molecular complexity index is 768. The maximum atomic E-state index is 12.6. The predicted octanol–water partition coefficient (Wildman–Crippen LogP) is 0.118. The maximum Gasteiger partial charge on any atom is 0.259 e. The Kier molecular flexibility index (Phi) is 6.04. The van der Waals surface area contributed by atoms with Crippen LogP contribution < -0.4 is 10.1 Å². The van der Waals surface area contributed by atoms with E-state index in [-0.39, 0.29) is 11.3 Å². The Balaban J connectivity index is 1.78. The number of hydrogen-bond donors (Lipinski definition) is 5. The molecule has 8 heteroatoms. The normalized spacial score (nSPS) is 27.8. The second kappa shape index (κ2) is 8.47. The summed E-state index contributed by atoms with van der Waals surface area (Å²) in [7, 11) is 0. The van der Waals surface area contributed by atoms with Crippen molar-refractivity contribution in [1.29, 1.82) is 0 Å². The SMILES string of the molecule is O=C(Nc1ccccc1)c1ccccc1O[C@@H]1O[C@H](CO)[C@@H](O)[C@H](O)[C@H]1O. The topological polar surface area (TPSA) is 128 Å². The highest BCUT2D eigenvalue weighted by Gasteiger charge is 2.44. The molecule has 27 heavy (non-hydrogen) atoms. The largest absolute Gasteiger partial charge is 0.461 e. The van der Waals surface area contributed by atoms with Gasteiger partial charge in [0.2, 0.25) is 6.29 Å². The van der Waals surface area contributed by atoms with Crippen LogP contribution in [0.25, 0.3) is 0 Å². The molecule has 0 spiro atoms. The number of benzene rings is 2. The van der Waals surface area contributed by atoms with Gasteiger partial charge >= 0.3 is 0 Å².